The average molecular weight is 281 g/mol. The quantitative estimate of drug-likeness (QED) is 0.835. The Bertz CT molecular complexity index is 231. The maximum atomic E-state index is 4.09. The van der Waals surface area contributed by atoms with Crippen LogP contribution < -0.4 is 0 Å². The minimum absolute atomic E-state index is 0.586. The molecule has 1 heterocycles. The number of hydrogen-bond acceptors (Lipinski definition) is 3. The Hall–Kier alpha value is -0.0300. The molecule has 0 aliphatic heterocycles. The van der Waals surface area contributed by atoms with Crippen molar-refractivity contribution in [3.05, 3.63) is 15.3 Å². The van der Waals surface area contributed by atoms with Gasteiger partial charge in [0.05, 0.1) is 0 Å². The molecule has 1 aromatic rings. The summed E-state index contributed by atoms with van der Waals surface area (Å²) >= 11 is 6.38. The van der Waals surface area contributed by atoms with E-state index in [2.05, 4.69) is 53.7 Å². The summed E-state index contributed by atoms with van der Waals surface area (Å²) in [6.07, 6.45) is 1.93. The van der Waals surface area contributed by atoms with Gasteiger partial charge in [-0.2, -0.15) is 4.98 Å². The van der Waals surface area contributed by atoms with E-state index in [-0.39, 0.29) is 0 Å². The van der Waals surface area contributed by atoms with E-state index in [4.69, 9.17) is 0 Å². The van der Waals surface area contributed by atoms with Gasteiger partial charge in [0.2, 0.25) is 9.47 Å². The lowest BCUT2D eigenvalue weighted by Gasteiger charge is -1.97. The summed E-state index contributed by atoms with van der Waals surface area (Å²) in [5.74, 6) is 0.821. The topological polar surface area (TPSA) is 38.7 Å². The molecule has 0 aliphatic rings. The van der Waals surface area contributed by atoms with Crippen LogP contribution in [-0.2, 0) is 6.42 Å². The highest BCUT2D eigenvalue weighted by atomic mass is 79.9. The Kier molecular flexibility index (Phi) is 3.39. The van der Waals surface area contributed by atoms with Gasteiger partial charge in [-0.25, -0.2) is 9.97 Å². The van der Waals surface area contributed by atoms with Gasteiger partial charge in [0, 0.05) is 6.42 Å². The first-order chi connectivity index (χ1) is 5.22. The largest absolute Gasteiger partial charge is 0.207 e. The molecule has 0 saturated heterocycles. The second-order valence-corrected chi connectivity index (χ2v) is 3.46. The molecule has 0 aliphatic carbocycles. The molecule has 60 valence electrons. The summed E-state index contributed by atoms with van der Waals surface area (Å²) in [6, 6.07) is 0. The van der Waals surface area contributed by atoms with Crippen molar-refractivity contribution >= 4 is 31.9 Å². The molecule has 5 heteroatoms. The molecule has 0 saturated carbocycles. The number of halogens is 2. The molecule has 11 heavy (non-hydrogen) atoms. The van der Waals surface area contributed by atoms with E-state index in [0.29, 0.717) is 9.47 Å². The van der Waals surface area contributed by atoms with Crippen molar-refractivity contribution in [2.45, 2.75) is 19.8 Å². The molecule has 0 atom stereocenters. The van der Waals surface area contributed by atoms with E-state index in [0.717, 1.165) is 18.7 Å². The van der Waals surface area contributed by atoms with Crippen LogP contribution in [0.15, 0.2) is 9.47 Å². The fourth-order valence-electron chi connectivity index (χ4n) is 0.700. The molecule has 0 bridgehead atoms. The van der Waals surface area contributed by atoms with E-state index >= 15 is 0 Å². The van der Waals surface area contributed by atoms with Gasteiger partial charge in [0.15, 0.2) is 0 Å². The first-order valence-corrected chi connectivity index (χ1v) is 4.87. The van der Waals surface area contributed by atoms with Crippen molar-refractivity contribution in [1.29, 1.82) is 0 Å². The second kappa shape index (κ2) is 4.11. The zero-order valence-electron chi connectivity index (χ0n) is 6.01. The molecule has 0 amide bonds. The van der Waals surface area contributed by atoms with Crippen molar-refractivity contribution in [2.24, 2.45) is 0 Å². The van der Waals surface area contributed by atoms with Gasteiger partial charge < -0.3 is 0 Å². The van der Waals surface area contributed by atoms with Gasteiger partial charge in [-0.3, -0.25) is 0 Å². The number of aryl methyl sites for hydroxylation is 1. The Labute approximate surface area is 81.9 Å². The highest BCUT2D eigenvalue weighted by Crippen LogP contribution is 2.08. The number of hydrogen-bond donors (Lipinski definition) is 0. The summed E-state index contributed by atoms with van der Waals surface area (Å²) in [5, 5.41) is 0. The molecule has 0 unspecified atom stereocenters. The summed E-state index contributed by atoms with van der Waals surface area (Å²) in [5.41, 5.74) is 0. The van der Waals surface area contributed by atoms with Crippen LogP contribution in [-0.4, -0.2) is 15.0 Å². The van der Waals surface area contributed by atoms with Crippen molar-refractivity contribution < 1.29 is 0 Å². The number of rotatable bonds is 2. The van der Waals surface area contributed by atoms with Gasteiger partial charge in [-0.15, -0.1) is 0 Å². The van der Waals surface area contributed by atoms with Gasteiger partial charge in [0.25, 0.3) is 0 Å². The van der Waals surface area contributed by atoms with Gasteiger partial charge in [0.1, 0.15) is 5.82 Å². The summed E-state index contributed by atoms with van der Waals surface area (Å²) in [4.78, 5) is 12.1. The third kappa shape index (κ3) is 2.83. The van der Waals surface area contributed by atoms with E-state index in [1.165, 1.54) is 0 Å². The Morgan fingerprint density at radius 2 is 1.64 bits per heavy atom. The summed E-state index contributed by atoms with van der Waals surface area (Å²) < 4.78 is 1.17. The van der Waals surface area contributed by atoms with E-state index in [1.807, 2.05) is 0 Å². The van der Waals surface area contributed by atoms with Crippen LogP contribution in [0.2, 0.25) is 0 Å². The second-order valence-electron chi connectivity index (χ2n) is 2.04. The highest BCUT2D eigenvalue weighted by molar-refractivity contribution is 9.11. The average Bonchev–Trinajstić information content (AvgIpc) is 1.85. The highest BCUT2D eigenvalue weighted by Gasteiger charge is 1.99. The van der Waals surface area contributed by atoms with Crippen molar-refractivity contribution in [1.82, 2.24) is 15.0 Å². The minimum atomic E-state index is 0.586. The molecule has 0 fully saturated rings. The molecular formula is C6H7Br2N3. The maximum absolute atomic E-state index is 4.09. The molecular weight excluding hydrogens is 274 g/mol. The zero-order valence-corrected chi connectivity index (χ0v) is 9.18. The molecule has 0 radical (unpaired) electrons. The smallest absolute Gasteiger partial charge is 0.200 e. The Balaban J connectivity index is 2.89. The van der Waals surface area contributed by atoms with Crippen molar-refractivity contribution in [3.63, 3.8) is 0 Å². The van der Waals surface area contributed by atoms with Crippen LogP contribution in [0.25, 0.3) is 0 Å². The van der Waals surface area contributed by atoms with Crippen LogP contribution in [0.4, 0.5) is 0 Å². The van der Waals surface area contributed by atoms with Crippen molar-refractivity contribution in [2.75, 3.05) is 0 Å². The molecule has 1 rings (SSSR count). The lowest BCUT2D eigenvalue weighted by molar-refractivity contribution is 0.794. The molecule has 1 aromatic heterocycles. The first kappa shape index (κ1) is 9.06. The van der Waals surface area contributed by atoms with E-state index in [9.17, 15) is 0 Å². The third-order valence-corrected chi connectivity index (χ3v) is 1.81. The lowest BCUT2D eigenvalue weighted by atomic mass is 10.3. The van der Waals surface area contributed by atoms with Gasteiger partial charge >= 0.3 is 0 Å². The zero-order chi connectivity index (χ0) is 8.27. The summed E-state index contributed by atoms with van der Waals surface area (Å²) in [6.45, 7) is 2.09. The van der Waals surface area contributed by atoms with Crippen LogP contribution >= 0.6 is 31.9 Å². The lowest BCUT2D eigenvalue weighted by Crippen LogP contribution is -1.97. The van der Waals surface area contributed by atoms with Crippen LogP contribution in [0.5, 0.6) is 0 Å². The maximum Gasteiger partial charge on any atom is 0.200 e. The SMILES string of the molecule is CCCc1nc(Br)nc(Br)n1. The van der Waals surface area contributed by atoms with Gasteiger partial charge in [-0.1, -0.05) is 6.92 Å². The normalized spacial score (nSPS) is 10.1. The van der Waals surface area contributed by atoms with E-state index in [1.54, 1.807) is 0 Å². The number of aromatic nitrogens is 3. The van der Waals surface area contributed by atoms with Crippen LogP contribution in [0, 0.1) is 0 Å². The fourth-order valence-corrected chi connectivity index (χ4v) is 1.68. The van der Waals surface area contributed by atoms with Crippen molar-refractivity contribution in [3.8, 4) is 0 Å². The van der Waals surface area contributed by atoms with E-state index < -0.39 is 0 Å². The Morgan fingerprint density at radius 1 is 1.09 bits per heavy atom. The minimum Gasteiger partial charge on any atom is -0.207 e. The third-order valence-electron chi connectivity index (χ3n) is 1.10. The van der Waals surface area contributed by atoms with Crippen LogP contribution in [0.3, 0.4) is 0 Å². The summed E-state index contributed by atoms with van der Waals surface area (Å²) in [7, 11) is 0. The predicted molar refractivity (Wildman–Crippen MR) is 49.2 cm³/mol. The fraction of sp³-hybridized carbons (Fsp3) is 0.500. The molecule has 0 aromatic carbocycles. The standard InChI is InChI=1S/C6H7Br2N3/c1-2-3-4-9-5(7)11-6(8)10-4/h2-3H2,1H3. The molecule has 0 N–H and O–H groups in total. The molecule has 3 nitrogen and oxygen atoms in total. The first-order valence-electron chi connectivity index (χ1n) is 3.28. The Morgan fingerprint density at radius 3 is 2.09 bits per heavy atom. The number of nitrogens with zero attached hydrogens (tertiary/aromatic N) is 3. The molecule has 0 spiro atoms. The van der Waals surface area contributed by atoms with Gasteiger partial charge in [-0.05, 0) is 38.3 Å². The van der Waals surface area contributed by atoms with Crippen LogP contribution in [0.1, 0.15) is 19.2 Å². The monoisotopic (exact) mass is 279 g/mol. The predicted octanol–water partition coefficient (Wildman–Crippen LogP) is 2.35.